The number of piperidine rings is 1. The Hall–Kier alpha value is -1.53. The van der Waals surface area contributed by atoms with Gasteiger partial charge in [-0.15, -0.1) is 12.4 Å². The highest BCUT2D eigenvalue weighted by molar-refractivity contribution is 5.94. The van der Waals surface area contributed by atoms with Crippen molar-refractivity contribution in [1.29, 1.82) is 0 Å². The molecular weight excluding hydrogens is 299 g/mol. The summed E-state index contributed by atoms with van der Waals surface area (Å²) >= 11 is 0. The summed E-state index contributed by atoms with van der Waals surface area (Å²) < 4.78 is 23.8. The average molecular weight is 319 g/mol. The van der Waals surface area contributed by atoms with E-state index in [1.165, 1.54) is 26.4 Å². The SMILES string of the molecule is COc1cc(OC)c(NC(=O)C2CCCNC2)cc1F.Cl. The zero-order valence-corrected chi connectivity index (χ0v) is 12.9. The molecule has 1 atom stereocenters. The van der Waals surface area contributed by atoms with E-state index in [0.29, 0.717) is 18.0 Å². The lowest BCUT2D eigenvalue weighted by Gasteiger charge is -2.22. The van der Waals surface area contributed by atoms with Gasteiger partial charge in [0.2, 0.25) is 5.91 Å². The van der Waals surface area contributed by atoms with E-state index in [1.54, 1.807) is 0 Å². The molecule has 1 aromatic rings. The second-order valence-corrected chi connectivity index (χ2v) is 4.72. The number of nitrogens with one attached hydrogen (secondary N) is 2. The number of anilines is 1. The minimum atomic E-state index is -0.537. The number of halogens is 2. The predicted molar refractivity (Wildman–Crippen MR) is 81.0 cm³/mol. The molecule has 2 N–H and O–H groups in total. The van der Waals surface area contributed by atoms with Gasteiger partial charge in [-0.25, -0.2) is 4.39 Å². The number of amides is 1. The maximum Gasteiger partial charge on any atom is 0.228 e. The highest BCUT2D eigenvalue weighted by Gasteiger charge is 2.22. The van der Waals surface area contributed by atoms with Gasteiger partial charge in [-0.2, -0.15) is 0 Å². The minimum absolute atomic E-state index is 0. The van der Waals surface area contributed by atoms with Crippen molar-refractivity contribution in [2.45, 2.75) is 12.8 Å². The van der Waals surface area contributed by atoms with Crippen molar-refractivity contribution in [2.75, 3.05) is 32.6 Å². The summed E-state index contributed by atoms with van der Waals surface area (Å²) in [4.78, 5) is 12.1. The Balaban J connectivity index is 0.00000220. The van der Waals surface area contributed by atoms with Crippen molar-refractivity contribution in [3.8, 4) is 11.5 Å². The van der Waals surface area contributed by atoms with E-state index in [4.69, 9.17) is 9.47 Å². The zero-order chi connectivity index (χ0) is 14.5. The second kappa shape index (κ2) is 8.05. The van der Waals surface area contributed by atoms with E-state index in [-0.39, 0.29) is 30.0 Å². The quantitative estimate of drug-likeness (QED) is 0.893. The molecule has 7 heteroatoms. The molecular formula is C14H20ClFN2O3. The molecule has 21 heavy (non-hydrogen) atoms. The first-order valence-corrected chi connectivity index (χ1v) is 6.58. The summed E-state index contributed by atoms with van der Waals surface area (Å²) in [6, 6.07) is 2.63. The van der Waals surface area contributed by atoms with E-state index >= 15 is 0 Å². The lowest BCUT2D eigenvalue weighted by atomic mass is 9.99. The fourth-order valence-corrected chi connectivity index (χ4v) is 2.27. The van der Waals surface area contributed by atoms with Gasteiger partial charge in [0.15, 0.2) is 11.6 Å². The average Bonchev–Trinajstić information content (AvgIpc) is 2.48. The third-order valence-corrected chi connectivity index (χ3v) is 3.40. The second-order valence-electron chi connectivity index (χ2n) is 4.72. The summed E-state index contributed by atoms with van der Waals surface area (Å²) in [5.74, 6) is -0.302. The van der Waals surface area contributed by atoms with E-state index in [1.807, 2.05) is 0 Å². The fourth-order valence-electron chi connectivity index (χ4n) is 2.27. The van der Waals surface area contributed by atoms with Gasteiger partial charge in [0.1, 0.15) is 5.75 Å². The third kappa shape index (κ3) is 4.22. The third-order valence-electron chi connectivity index (χ3n) is 3.40. The molecule has 118 valence electrons. The van der Waals surface area contributed by atoms with Crippen LogP contribution in [0.3, 0.4) is 0 Å². The van der Waals surface area contributed by atoms with Crippen LogP contribution in [0, 0.1) is 11.7 Å². The Morgan fingerprint density at radius 2 is 2.05 bits per heavy atom. The highest BCUT2D eigenvalue weighted by atomic mass is 35.5. The number of carbonyl (C=O) groups excluding carboxylic acids is 1. The van der Waals surface area contributed by atoms with Crippen LogP contribution in [0.4, 0.5) is 10.1 Å². The van der Waals surface area contributed by atoms with E-state index in [0.717, 1.165) is 19.4 Å². The Bertz CT molecular complexity index is 493. The molecule has 0 aromatic heterocycles. The topological polar surface area (TPSA) is 59.6 Å². The van der Waals surface area contributed by atoms with Gasteiger partial charge in [0.25, 0.3) is 0 Å². The molecule has 5 nitrogen and oxygen atoms in total. The summed E-state index contributed by atoms with van der Waals surface area (Å²) in [5.41, 5.74) is 0.321. The summed E-state index contributed by atoms with van der Waals surface area (Å²) in [6.07, 6.45) is 1.80. The van der Waals surface area contributed by atoms with Crippen LogP contribution >= 0.6 is 12.4 Å². The van der Waals surface area contributed by atoms with Crippen LogP contribution in [0.2, 0.25) is 0 Å². The number of benzene rings is 1. The maximum atomic E-state index is 13.7. The van der Waals surface area contributed by atoms with Crippen LogP contribution in [0.5, 0.6) is 11.5 Å². The predicted octanol–water partition coefficient (Wildman–Crippen LogP) is 2.20. The van der Waals surface area contributed by atoms with Crippen molar-refractivity contribution in [3.63, 3.8) is 0 Å². The standard InChI is InChI=1S/C14H19FN2O3.ClH/c1-19-12-7-13(20-2)11(6-10(12)15)17-14(18)9-4-3-5-16-8-9;/h6-7,9,16H,3-5,8H2,1-2H3,(H,17,18);1H. The fraction of sp³-hybridized carbons (Fsp3) is 0.500. The van der Waals surface area contributed by atoms with Crippen LogP contribution in [-0.4, -0.2) is 33.2 Å². The van der Waals surface area contributed by atoms with Crippen LogP contribution in [-0.2, 0) is 4.79 Å². The lowest BCUT2D eigenvalue weighted by molar-refractivity contribution is -0.120. The molecule has 1 heterocycles. The molecule has 1 unspecified atom stereocenters. The molecule has 1 aliphatic heterocycles. The van der Waals surface area contributed by atoms with E-state index in [9.17, 15) is 9.18 Å². The largest absolute Gasteiger partial charge is 0.494 e. The van der Waals surface area contributed by atoms with Crippen LogP contribution in [0.15, 0.2) is 12.1 Å². The zero-order valence-electron chi connectivity index (χ0n) is 12.1. The molecule has 0 spiro atoms. The van der Waals surface area contributed by atoms with Gasteiger partial charge in [-0.3, -0.25) is 4.79 Å². The van der Waals surface area contributed by atoms with Crippen molar-refractivity contribution in [2.24, 2.45) is 5.92 Å². The first kappa shape index (κ1) is 17.5. The molecule has 1 saturated heterocycles. The molecule has 1 aromatic carbocycles. The Morgan fingerprint density at radius 3 is 2.62 bits per heavy atom. The Morgan fingerprint density at radius 1 is 1.33 bits per heavy atom. The van der Waals surface area contributed by atoms with E-state index in [2.05, 4.69) is 10.6 Å². The molecule has 1 aliphatic rings. The molecule has 0 radical (unpaired) electrons. The van der Waals surface area contributed by atoms with Crippen molar-refractivity contribution < 1.29 is 18.7 Å². The molecule has 0 saturated carbocycles. The van der Waals surface area contributed by atoms with Crippen LogP contribution in [0.1, 0.15) is 12.8 Å². The summed E-state index contributed by atoms with van der Waals surface area (Å²) in [6.45, 7) is 1.58. The number of ether oxygens (including phenoxy) is 2. The monoisotopic (exact) mass is 318 g/mol. The lowest BCUT2D eigenvalue weighted by Crippen LogP contribution is -2.37. The number of rotatable bonds is 4. The summed E-state index contributed by atoms with van der Waals surface area (Å²) in [7, 11) is 2.84. The van der Waals surface area contributed by atoms with Gasteiger partial charge in [0, 0.05) is 18.7 Å². The molecule has 1 fully saturated rings. The minimum Gasteiger partial charge on any atom is -0.494 e. The summed E-state index contributed by atoms with van der Waals surface area (Å²) in [5, 5.41) is 5.90. The first-order chi connectivity index (χ1) is 9.65. The number of methoxy groups -OCH3 is 2. The molecule has 2 rings (SSSR count). The van der Waals surface area contributed by atoms with Crippen LogP contribution < -0.4 is 20.1 Å². The van der Waals surface area contributed by atoms with Crippen molar-refractivity contribution in [1.82, 2.24) is 5.32 Å². The Kier molecular flexibility index (Phi) is 6.71. The van der Waals surface area contributed by atoms with Crippen molar-refractivity contribution >= 4 is 24.0 Å². The molecule has 0 bridgehead atoms. The first-order valence-electron chi connectivity index (χ1n) is 6.58. The van der Waals surface area contributed by atoms with Gasteiger partial charge >= 0.3 is 0 Å². The van der Waals surface area contributed by atoms with Gasteiger partial charge in [0.05, 0.1) is 25.8 Å². The number of hydrogen-bond donors (Lipinski definition) is 2. The Labute approximate surface area is 129 Å². The van der Waals surface area contributed by atoms with Gasteiger partial charge in [-0.05, 0) is 19.4 Å². The van der Waals surface area contributed by atoms with E-state index < -0.39 is 5.82 Å². The molecule has 0 aliphatic carbocycles. The smallest absolute Gasteiger partial charge is 0.228 e. The van der Waals surface area contributed by atoms with Crippen LogP contribution in [0.25, 0.3) is 0 Å². The van der Waals surface area contributed by atoms with Gasteiger partial charge < -0.3 is 20.1 Å². The number of hydrogen-bond acceptors (Lipinski definition) is 4. The molecule has 1 amide bonds. The number of carbonyl (C=O) groups is 1. The highest BCUT2D eigenvalue weighted by Crippen LogP contribution is 2.32. The maximum absolute atomic E-state index is 13.7. The normalized spacial score (nSPS) is 17.6. The van der Waals surface area contributed by atoms with Gasteiger partial charge in [-0.1, -0.05) is 0 Å². The van der Waals surface area contributed by atoms with Crippen molar-refractivity contribution in [3.05, 3.63) is 17.9 Å².